The highest BCUT2D eigenvalue weighted by atomic mass is 16.7. The number of phenolic OH excluding ortho intramolecular Hbond substituents is 5. The van der Waals surface area contributed by atoms with Crippen molar-refractivity contribution in [3.63, 3.8) is 0 Å². The van der Waals surface area contributed by atoms with Crippen LogP contribution >= 0.6 is 0 Å². The van der Waals surface area contributed by atoms with Crippen molar-refractivity contribution in [2.24, 2.45) is 0 Å². The minimum Gasteiger partial charge on any atom is -0.504 e. The van der Waals surface area contributed by atoms with E-state index in [1.165, 1.54) is 6.07 Å². The van der Waals surface area contributed by atoms with Gasteiger partial charge >= 0.3 is 0 Å². The van der Waals surface area contributed by atoms with Crippen LogP contribution in [-0.2, 0) is 4.74 Å². The number of aliphatic hydroxyl groups excluding tert-OH is 4. The van der Waals surface area contributed by atoms with Gasteiger partial charge in [0, 0.05) is 11.6 Å². The van der Waals surface area contributed by atoms with Gasteiger partial charge in [-0.3, -0.25) is 4.79 Å². The lowest BCUT2D eigenvalue weighted by Crippen LogP contribution is -2.60. The maximum Gasteiger partial charge on any atom is 0.229 e. The molecule has 0 unspecified atom stereocenters. The first-order valence-corrected chi connectivity index (χ1v) is 9.79. The summed E-state index contributed by atoms with van der Waals surface area (Å²) in [5.74, 6) is -5.28. The molecule has 4 rings (SSSR count). The van der Waals surface area contributed by atoms with E-state index in [2.05, 4.69) is 0 Å². The lowest BCUT2D eigenvalue weighted by Gasteiger charge is -2.39. The van der Waals surface area contributed by atoms with Crippen LogP contribution in [0.25, 0.3) is 22.3 Å². The Morgan fingerprint density at radius 2 is 1.56 bits per heavy atom. The summed E-state index contributed by atoms with van der Waals surface area (Å²) in [6.45, 7) is -0.776. The maximum atomic E-state index is 12.7. The lowest BCUT2D eigenvalue weighted by atomic mass is 9.99. The van der Waals surface area contributed by atoms with Gasteiger partial charge in [0.1, 0.15) is 35.6 Å². The zero-order valence-electron chi connectivity index (χ0n) is 17.1. The molecule has 0 bridgehead atoms. The molecule has 5 atom stereocenters. The quantitative estimate of drug-likeness (QED) is 0.208. The van der Waals surface area contributed by atoms with Gasteiger partial charge in [-0.05, 0) is 18.2 Å². The van der Waals surface area contributed by atoms with Crippen molar-refractivity contribution in [3.8, 4) is 45.8 Å². The molecular weight excluding hydrogens is 460 g/mol. The molecule has 0 saturated carbocycles. The van der Waals surface area contributed by atoms with Crippen LogP contribution in [0.1, 0.15) is 0 Å². The zero-order valence-corrected chi connectivity index (χ0v) is 17.1. The van der Waals surface area contributed by atoms with Crippen LogP contribution in [0.4, 0.5) is 0 Å². The molecular formula is C21H20O13. The predicted octanol–water partition coefficient (Wildman–Crippen LogP) is -0.833. The molecule has 13 nitrogen and oxygen atoms in total. The largest absolute Gasteiger partial charge is 0.504 e. The van der Waals surface area contributed by atoms with E-state index in [0.29, 0.717) is 0 Å². The third-order valence-corrected chi connectivity index (χ3v) is 5.40. The van der Waals surface area contributed by atoms with Crippen molar-refractivity contribution in [2.45, 2.75) is 30.7 Å². The van der Waals surface area contributed by atoms with Crippen LogP contribution in [0, 0.1) is 0 Å². The van der Waals surface area contributed by atoms with Crippen LogP contribution in [0.5, 0.6) is 34.5 Å². The van der Waals surface area contributed by atoms with Gasteiger partial charge in [-0.15, -0.1) is 0 Å². The first-order chi connectivity index (χ1) is 16.0. The van der Waals surface area contributed by atoms with E-state index in [1.807, 2.05) is 0 Å². The summed E-state index contributed by atoms with van der Waals surface area (Å²) in [5, 5.41) is 88.8. The Labute approximate surface area is 189 Å². The van der Waals surface area contributed by atoms with Gasteiger partial charge in [-0.25, -0.2) is 0 Å². The SMILES string of the molecule is O=c1cc(-c2ccc(O)c(O)c2)oc2c(O[C@@H]3O[C@H](CO)[C@@H](O)[C@H](O)[C@H]3O)c(O)c(O)c(O)c12. The number of aliphatic hydroxyl groups is 4. The Morgan fingerprint density at radius 1 is 0.853 bits per heavy atom. The number of aromatic hydroxyl groups is 5. The summed E-state index contributed by atoms with van der Waals surface area (Å²) in [5.41, 5.74) is -1.42. The predicted molar refractivity (Wildman–Crippen MR) is 111 cm³/mol. The molecule has 1 aliphatic rings. The van der Waals surface area contributed by atoms with Gasteiger partial charge in [-0.2, -0.15) is 0 Å². The number of hydrogen-bond donors (Lipinski definition) is 9. The van der Waals surface area contributed by atoms with Crippen molar-refractivity contribution < 1.29 is 59.8 Å². The number of benzene rings is 2. The number of rotatable bonds is 4. The van der Waals surface area contributed by atoms with Crippen LogP contribution in [0.3, 0.4) is 0 Å². The van der Waals surface area contributed by atoms with E-state index in [9.17, 15) is 50.8 Å². The van der Waals surface area contributed by atoms with Crippen molar-refractivity contribution >= 4 is 11.0 Å². The number of hydrogen-bond acceptors (Lipinski definition) is 13. The van der Waals surface area contributed by atoms with Crippen molar-refractivity contribution in [1.82, 2.24) is 0 Å². The van der Waals surface area contributed by atoms with E-state index in [4.69, 9.17) is 13.9 Å². The molecule has 1 saturated heterocycles. The Morgan fingerprint density at radius 3 is 2.21 bits per heavy atom. The third kappa shape index (κ3) is 3.70. The fourth-order valence-electron chi connectivity index (χ4n) is 3.53. The van der Waals surface area contributed by atoms with E-state index in [-0.39, 0.29) is 11.3 Å². The Hall–Kier alpha value is -3.75. The topological polar surface area (TPSA) is 231 Å². The number of phenols is 5. The molecule has 13 heteroatoms. The molecule has 0 radical (unpaired) electrons. The molecule has 182 valence electrons. The second kappa shape index (κ2) is 8.55. The highest BCUT2D eigenvalue weighted by molar-refractivity contribution is 5.94. The normalized spacial score (nSPS) is 24.9. The van der Waals surface area contributed by atoms with Crippen LogP contribution in [0.2, 0.25) is 0 Å². The minimum atomic E-state index is -1.91. The summed E-state index contributed by atoms with van der Waals surface area (Å²) in [4.78, 5) is 12.7. The summed E-state index contributed by atoms with van der Waals surface area (Å²) in [6, 6.07) is 4.38. The van der Waals surface area contributed by atoms with Crippen molar-refractivity contribution in [3.05, 3.63) is 34.5 Å². The molecule has 2 aromatic carbocycles. The summed E-state index contributed by atoms with van der Waals surface area (Å²) in [7, 11) is 0. The number of fused-ring (bicyclic) bond motifs is 1. The van der Waals surface area contributed by atoms with Gasteiger partial charge in [0.25, 0.3) is 0 Å². The Balaban J connectivity index is 1.89. The summed E-state index contributed by atoms with van der Waals surface area (Å²) < 4.78 is 16.2. The molecule has 0 aliphatic carbocycles. The highest BCUT2D eigenvalue weighted by Crippen LogP contribution is 2.49. The molecule has 34 heavy (non-hydrogen) atoms. The summed E-state index contributed by atoms with van der Waals surface area (Å²) in [6.07, 6.45) is -8.65. The van der Waals surface area contributed by atoms with Gasteiger partial charge < -0.3 is 59.8 Å². The molecule has 3 aromatic rings. The maximum absolute atomic E-state index is 12.7. The van der Waals surface area contributed by atoms with Gasteiger partial charge in [0.05, 0.1) is 6.61 Å². The lowest BCUT2D eigenvalue weighted by molar-refractivity contribution is -0.277. The molecule has 1 aliphatic heterocycles. The van der Waals surface area contributed by atoms with Gasteiger partial charge in [0.2, 0.25) is 23.5 Å². The van der Waals surface area contributed by atoms with Crippen LogP contribution < -0.4 is 10.2 Å². The average Bonchev–Trinajstić information content (AvgIpc) is 2.81. The first-order valence-electron chi connectivity index (χ1n) is 9.79. The van der Waals surface area contributed by atoms with Crippen molar-refractivity contribution in [2.75, 3.05) is 6.61 Å². The number of ether oxygens (including phenoxy) is 2. The standard InChI is InChI=1S/C21H20O13/c22-5-11-13(26)15(28)18(31)21(33-11)34-20-17(30)16(29)14(27)12-9(25)4-10(32-19(12)20)6-1-2-7(23)8(24)3-6/h1-4,11,13,15,18,21-24,26-31H,5H2/t11-,13-,15+,18-,21+/m1/s1. The van der Waals surface area contributed by atoms with Crippen LogP contribution in [0.15, 0.2) is 33.5 Å². The van der Waals surface area contributed by atoms with Crippen LogP contribution in [-0.4, -0.2) is 83.3 Å². The summed E-state index contributed by atoms with van der Waals surface area (Å²) >= 11 is 0. The first kappa shape index (κ1) is 23.4. The van der Waals surface area contributed by atoms with E-state index in [1.54, 1.807) is 0 Å². The van der Waals surface area contributed by atoms with E-state index in [0.717, 1.165) is 18.2 Å². The highest BCUT2D eigenvalue weighted by Gasteiger charge is 2.45. The fourth-order valence-corrected chi connectivity index (χ4v) is 3.53. The Kier molecular flexibility index (Phi) is 5.89. The van der Waals surface area contributed by atoms with Gasteiger partial charge in [0.15, 0.2) is 28.3 Å². The van der Waals surface area contributed by atoms with Gasteiger partial charge in [-0.1, -0.05) is 0 Å². The van der Waals surface area contributed by atoms with Crippen molar-refractivity contribution in [1.29, 1.82) is 0 Å². The third-order valence-electron chi connectivity index (χ3n) is 5.40. The molecule has 0 amide bonds. The van der Waals surface area contributed by atoms with E-state index >= 15 is 0 Å². The monoisotopic (exact) mass is 480 g/mol. The second-order valence-corrected chi connectivity index (χ2v) is 7.57. The smallest absolute Gasteiger partial charge is 0.229 e. The second-order valence-electron chi connectivity index (χ2n) is 7.57. The molecule has 2 heterocycles. The Bertz CT molecular complexity index is 1300. The molecule has 1 aromatic heterocycles. The molecule has 1 fully saturated rings. The molecule has 9 N–H and O–H groups in total. The minimum absolute atomic E-state index is 0.0974. The zero-order chi connectivity index (χ0) is 24.9. The van der Waals surface area contributed by atoms with E-state index < -0.39 is 88.2 Å². The molecule has 0 spiro atoms. The fraction of sp³-hybridized carbons (Fsp3) is 0.286. The average molecular weight is 480 g/mol.